The molecule has 2 aromatic rings. The molecule has 4 rings (SSSR count). The number of hydrogen-bond acceptors (Lipinski definition) is 5. The van der Waals surface area contributed by atoms with Crippen LogP contribution in [0.1, 0.15) is 31.4 Å². The number of urea groups is 1. The molecule has 2 amide bonds. The van der Waals surface area contributed by atoms with Gasteiger partial charge in [0, 0.05) is 18.8 Å². The van der Waals surface area contributed by atoms with E-state index in [0.717, 1.165) is 34.9 Å². The van der Waals surface area contributed by atoms with Crippen LogP contribution in [0.5, 0.6) is 5.75 Å². The first-order chi connectivity index (χ1) is 14.5. The van der Waals surface area contributed by atoms with Crippen molar-refractivity contribution in [3.8, 4) is 5.75 Å². The molecule has 1 fully saturated rings. The summed E-state index contributed by atoms with van der Waals surface area (Å²) in [6.07, 6.45) is 1.89. The molecule has 30 heavy (non-hydrogen) atoms. The summed E-state index contributed by atoms with van der Waals surface area (Å²) in [5.74, 6) is 0.342. The van der Waals surface area contributed by atoms with Crippen LogP contribution in [0.4, 0.5) is 4.79 Å². The van der Waals surface area contributed by atoms with Crippen molar-refractivity contribution in [2.75, 3.05) is 27.4 Å². The highest BCUT2D eigenvalue weighted by Crippen LogP contribution is 2.38. The number of ether oxygens (including phenoxy) is 3. The molecule has 2 aliphatic rings. The number of amides is 2. The Labute approximate surface area is 175 Å². The summed E-state index contributed by atoms with van der Waals surface area (Å²) < 4.78 is 15.7. The zero-order chi connectivity index (χ0) is 21.3. The zero-order valence-electron chi connectivity index (χ0n) is 17.4. The van der Waals surface area contributed by atoms with Gasteiger partial charge in [-0.2, -0.15) is 0 Å². The fraction of sp³-hybridized carbons (Fsp3) is 0.391. The minimum absolute atomic E-state index is 0.150. The van der Waals surface area contributed by atoms with Crippen molar-refractivity contribution in [2.24, 2.45) is 0 Å². The Balaban J connectivity index is 1.73. The topological polar surface area (TPSA) is 77.1 Å². The minimum atomic E-state index is -0.575. The van der Waals surface area contributed by atoms with E-state index in [1.54, 1.807) is 19.1 Å². The van der Waals surface area contributed by atoms with Crippen molar-refractivity contribution in [1.82, 2.24) is 10.2 Å². The Bertz CT molecular complexity index is 1010. The van der Waals surface area contributed by atoms with Gasteiger partial charge in [-0.1, -0.05) is 18.2 Å². The number of rotatable bonds is 7. The highest BCUT2D eigenvalue weighted by atomic mass is 16.6. The Morgan fingerprint density at radius 2 is 1.83 bits per heavy atom. The Morgan fingerprint density at radius 1 is 1.10 bits per heavy atom. The average molecular weight is 410 g/mol. The number of nitrogens with zero attached hydrogens (tertiary/aromatic N) is 1. The summed E-state index contributed by atoms with van der Waals surface area (Å²) in [5.41, 5.74) is 1.95. The van der Waals surface area contributed by atoms with Crippen molar-refractivity contribution in [3.63, 3.8) is 0 Å². The van der Waals surface area contributed by atoms with Gasteiger partial charge in [-0.25, -0.2) is 9.59 Å². The van der Waals surface area contributed by atoms with Crippen LogP contribution < -0.4 is 10.1 Å². The van der Waals surface area contributed by atoms with Gasteiger partial charge < -0.3 is 19.5 Å². The van der Waals surface area contributed by atoms with Gasteiger partial charge in [0.05, 0.1) is 25.3 Å². The summed E-state index contributed by atoms with van der Waals surface area (Å²) >= 11 is 0. The third-order valence-electron chi connectivity index (χ3n) is 5.58. The maximum absolute atomic E-state index is 13.0. The molecular formula is C23H26N2O5. The predicted octanol–water partition coefficient (Wildman–Crippen LogP) is 3.54. The van der Waals surface area contributed by atoms with Gasteiger partial charge in [0.25, 0.3) is 0 Å². The number of benzene rings is 2. The maximum Gasteiger partial charge on any atom is 0.338 e. The number of allylic oxidation sites excluding steroid dienone is 1. The normalized spacial score (nSPS) is 19.1. The maximum atomic E-state index is 13.0. The standard InChI is InChI=1S/C23H26N2O5/c1-14-20(22(26)30-11-10-28-2)21(24-23(27)25(14)18-7-8-18)17-5-4-16-13-19(29-3)9-6-15(16)12-17/h4-6,9,12-13,18,21H,7-8,10-11H2,1-3H3,(H,24,27)/t21-/m0/s1. The van der Waals surface area contributed by atoms with Crippen LogP contribution >= 0.6 is 0 Å². The molecule has 0 unspecified atom stereocenters. The smallest absolute Gasteiger partial charge is 0.338 e. The highest BCUT2D eigenvalue weighted by molar-refractivity contribution is 5.96. The molecule has 0 bridgehead atoms. The van der Waals surface area contributed by atoms with Crippen LogP contribution in [0, 0.1) is 0 Å². The molecule has 0 radical (unpaired) electrons. The lowest BCUT2D eigenvalue weighted by Gasteiger charge is -2.35. The molecule has 2 aromatic carbocycles. The van der Waals surface area contributed by atoms with Crippen LogP contribution in [0.25, 0.3) is 10.8 Å². The molecule has 1 N–H and O–H groups in total. The summed E-state index contributed by atoms with van der Waals surface area (Å²) in [6.45, 7) is 2.30. The molecular weight excluding hydrogens is 384 g/mol. The van der Waals surface area contributed by atoms with E-state index in [9.17, 15) is 9.59 Å². The second-order valence-electron chi connectivity index (χ2n) is 7.58. The molecule has 1 aliphatic carbocycles. The first kappa shape index (κ1) is 20.2. The molecule has 1 atom stereocenters. The van der Waals surface area contributed by atoms with E-state index in [1.807, 2.05) is 43.3 Å². The van der Waals surface area contributed by atoms with Crippen LogP contribution in [-0.4, -0.2) is 50.4 Å². The van der Waals surface area contributed by atoms with E-state index < -0.39 is 12.0 Å². The second kappa shape index (κ2) is 8.36. The summed E-state index contributed by atoms with van der Waals surface area (Å²) in [6, 6.07) is 11.1. The third kappa shape index (κ3) is 3.85. The molecule has 0 saturated heterocycles. The monoisotopic (exact) mass is 410 g/mol. The van der Waals surface area contributed by atoms with Crippen LogP contribution in [-0.2, 0) is 14.3 Å². The molecule has 1 saturated carbocycles. The molecule has 7 heteroatoms. The molecule has 0 spiro atoms. The van der Waals surface area contributed by atoms with Gasteiger partial charge >= 0.3 is 12.0 Å². The van der Waals surface area contributed by atoms with Gasteiger partial charge in [-0.3, -0.25) is 4.90 Å². The van der Waals surface area contributed by atoms with E-state index in [-0.39, 0.29) is 18.7 Å². The first-order valence-electron chi connectivity index (χ1n) is 10.1. The predicted molar refractivity (Wildman–Crippen MR) is 112 cm³/mol. The Morgan fingerprint density at radius 3 is 2.53 bits per heavy atom. The van der Waals surface area contributed by atoms with Crippen LogP contribution in [0.2, 0.25) is 0 Å². The lowest BCUT2D eigenvalue weighted by molar-refractivity contribution is -0.140. The van der Waals surface area contributed by atoms with E-state index >= 15 is 0 Å². The summed E-state index contributed by atoms with van der Waals surface area (Å²) in [7, 11) is 3.19. The molecule has 0 aromatic heterocycles. The lowest BCUT2D eigenvalue weighted by atomic mass is 9.93. The number of hydrogen-bond donors (Lipinski definition) is 1. The molecule has 1 aliphatic heterocycles. The minimum Gasteiger partial charge on any atom is -0.497 e. The first-order valence-corrected chi connectivity index (χ1v) is 10.1. The molecule has 7 nitrogen and oxygen atoms in total. The van der Waals surface area contributed by atoms with Gasteiger partial charge in [0.1, 0.15) is 12.4 Å². The van der Waals surface area contributed by atoms with Crippen molar-refractivity contribution < 1.29 is 23.8 Å². The number of fused-ring (bicyclic) bond motifs is 1. The van der Waals surface area contributed by atoms with Crippen LogP contribution in [0.15, 0.2) is 47.7 Å². The Kier molecular flexibility index (Phi) is 5.63. The van der Waals surface area contributed by atoms with Crippen LogP contribution in [0.3, 0.4) is 0 Å². The quantitative estimate of drug-likeness (QED) is 0.558. The van der Waals surface area contributed by atoms with Crippen molar-refractivity contribution >= 4 is 22.8 Å². The SMILES string of the molecule is COCCOC(=O)C1=C(C)N(C2CC2)C(=O)N[C@H]1c1ccc2cc(OC)ccc2c1. The summed E-state index contributed by atoms with van der Waals surface area (Å²) in [5, 5.41) is 5.03. The molecule has 1 heterocycles. The van der Waals surface area contributed by atoms with E-state index in [0.29, 0.717) is 17.9 Å². The van der Waals surface area contributed by atoms with E-state index in [1.165, 1.54) is 0 Å². The largest absolute Gasteiger partial charge is 0.497 e. The highest BCUT2D eigenvalue weighted by Gasteiger charge is 2.42. The van der Waals surface area contributed by atoms with E-state index in [2.05, 4.69) is 5.32 Å². The average Bonchev–Trinajstić information content (AvgIpc) is 3.57. The molecule has 158 valence electrons. The lowest BCUT2D eigenvalue weighted by Crippen LogP contribution is -2.49. The zero-order valence-corrected chi connectivity index (χ0v) is 17.4. The summed E-state index contributed by atoms with van der Waals surface area (Å²) in [4.78, 5) is 27.5. The number of esters is 1. The van der Waals surface area contributed by atoms with E-state index in [4.69, 9.17) is 14.2 Å². The Hall–Kier alpha value is -3.06. The van der Waals surface area contributed by atoms with Crippen molar-refractivity contribution in [3.05, 3.63) is 53.2 Å². The fourth-order valence-corrected chi connectivity index (χ4v) is 3.89. The fourth-order valence-electron chi connectivity index (χ4n) is 3.89. The second-order valence-corrected chi connectivity index (χ2v) is 7.58. The van der Waals surface area contributed by atoms with Crippen molar-refractivity contribution in [2.45, 2.75) is 31.8 Å². The van der Waals surface area contributed by atoms with Gasteiger partial charge in [-0.05, 0) is 54.3 Å². The van der Waals surface area contributed by atoms with Gasteiger partial charge in [-0.15, -0.1) is 0 Å². The number of nitrogens with one attached hydrogen (secondary N) is 1. The number of methoxy groups -OCH3 is 2. The third-order valence-corrected chi connectivity index (χ3v) is 5.58. The number of carbonyl (C=O) groups is 2. The van der Waals surface area contributed by atoms with Gasteiger partial charge in [0.2, 0.25) is 0 Å². The van der Waals surface area contributed by atoms with Crippen molar-refractivity contribution in [1.29, 1.82) is 0 Å². The van der Waals surface area contributed by atoms with Gasteiger partial charge in [0.15, 0.2) is 0 Å². The number of carbonyl (C=O) groups excluding carboxylic acids is 2.